The van der Waals surface area contributed by atoms with Crippen LogP contribution in [-0.2, 0) is 0 Å². The van der Waals surface area contributed by atoms with Gasteiger partial charge in [-0.25, -0.2) is 0 Å². The minimum absolute atomic E-state index is 0.594. The van der Waals surface area contributed by atoms with Gasteiger partial charge >= 0.3 is 0 Å². The van der Waals surface area contributed by atoms with Gasteiger partial charge in [0.2, 0.25) is 0 Å². The fourth-order valence-electron chi connectivity index (χ4n) is 7.77. The third-order valence-electron chi connectivity index (χ3n) is 13.8. The summed E-state index contributed by atoms with van der Waals surface area (Å²) in [5, 5.41) is 0. The molecule has 1 aliphatic rings. The third kappa shape index (κ3) is 23.4. The van der Waals surface area contributed by atoms with Crippen LogP contribution in [0.25, 0.3) is 0 Å². The van der Waals surface area contributed by atoms with E-state index in [1.807, 2.05) is 30.3 Å². The van der Waals surface area contributed by atoms with Gasteiger partial charge < -0.3 is 82.7 Å². The van der Waals surface area contributed by atoms with E-state index < -0.39 is 0 Å². The van der Waals surface area contributed by atoms with Gasteiger partial charge in [0.25, 0.3) is 0 Å². The van der Waals surface area contributed by atoms with Gasteiger partial charge in [-0.05, 0) is 114 Å². The molecule has 5 rings (SSSR count). The second-order valence-corrected chi connectivity index (χ2v) is 20.4. The number of quaternary nitrogens is 4. The van der Waals surface area contributed by atoms with Gasteiger partial charge in [0.05, 0.1) is 130 Å². The largest absolute Gasteiger partial charge is 0.491 e. The topological polar surface area (TPSA) is 248 Å². The van der Waals surface area contributed by atoms with Crippen LogP contribution in [0.2, 0.25) is 0 Å². The van der Waals surface area contributed by atoms with E-state index in [-0.39, 0.29) is 0 Å². The maximum absolute atomic E-state index is 5.87. The Morgan fingerprint density at radius 2 is 0.803 bits per heavy atom. The van der Waals surface area contributed by atoms with Crippen LogP contribution in [0, 0.1) is 0 Å². The molecule has 1 saturated heterocycles. The molecule has 0 radical (unpaired) electrons. The smallest absolute Gasteiger partial charge is 0.142 e. The first-order valence-electron chi connectivity index (χ1n) is 25.6. The molecule has 0 bridgehead atoms. The molecule has 16 N–H and O–H groups in total. The zero-order valence-electron chi connectivity index (χ0n) is 45.9. The highest BCUT2D eigenvalue weighted by Crippen LogP contribution is 2.26. The Bertz CT molecular complexity index is 2110. The fraction of sp³-hybridized carbons (Fsp3) is 0.556. The van der Waals surface area contributed by atoms with Gasteiger partial charge in [-0.15, -0.1) is 0 Å². The number of nitrogens with zero attached hydrogens (tertiary/aromatic N) is 5. The number of anilines is 8. The zero-order chi connectivity index (χ0) is 53.3. The van der Waals surface area contributed by atoms with E-state index in [4.69, 9.17) is 64.8 Å². The van der Waals surface area contributed by atoms with E-state index in [0.717, 1.165) is 87.3 Å². The monoisotopic (exact) mass is 994 g/mol. The summed E-state index contributed by atoms with van der Waals surface area (Å²) in [6, 6.07) is 21.5. The predicted molar refractivity (Wildman–Crippen MR) is 302 cm³/mol. The molecule has 1 fully saturated rings. The van der Waals surface area contributed by atoms with Crippen molar-refractivity contribution in [3.63, 3.8) is 0 Å². The summed E-state index contributed by atoms with van der Waals surface area (Å²) >= 11 is 0. The molecular weight excluding hydrogens is 895 g/mol. The lowest BCUT2D eigenvalue weighted by Crippen LogP contribution is -2.56. The number of rotatable bonds is 23. The van der Waals surface area contributed by atoms with Crippen LogP contribution in [0.4, 0.5) is 45.5 Å². The van der Waals surface area contributed by atoms with Gasteiger partial charge in [-0.3, -0.25) is 4.90 Å². The Morgan fingerprint density at radius 3 is 1.13 bits per heavy atom. The van der Waals surface area contributed by atoms with Crippen molar-refractivity contribution in [2.75, 3.05) is 200 Å². The quantitative estimate of drug-likeness (QED) is 0.0236. The lowest BCUT2D eigenvalue weighted by atomic mass is 10.2. The van der Waals surface area contributed by atoms with Crippen molar-refractivity contribution in [3.8, 4) is 23.0 Å². The number of nitrogen functional groups attached to an aromatic ring is 8. The van der Waals surface area contributed by atoms with Crippen LogP contribution in [0.15, 0.2) is 72.8 Å². The van der Waals surface area contributed by atoms with Crippen molar-refractivity contribution < 1.29 is 36.9 Å². The van der Waals surface area contributed by atoms with E-state index in [1.54, 1.807) is 42.5 Å². The first-order chi connectivity index (χ1) is 33.4. The van der Waals surface area contributed by atoms with Crippen LogP contribution in [0.1, 0.15) is 47.5 Å². The SMILES string of the molecule is CC[N+](C)(CC)CCOc1ccc(N)cc1N.CC[N+](CC)(CC)CCCOc1ccc(N)cc1N.CN1CC[N+](C)(CCCOc2ccc(N)cc2N)CC1.C[N+](C)(C)CCOc1ccc(N)cc1N. The molecule has 4 aromatic rings. The van der Waals surface area contributed by atoms with Gasteiger partial charge in [0.1, 0.15) is 49.3 Å². The van der Waals surface area contributed by atoms with Crippen molar-refractivity contribution >= 4 is 45.5 Å². The molecule has 17 nitrogen and oxygen atoms in total. The number of hydrogen-bond donors (Lipinski definition) is 8. The Labute approximate surface area is 428 Å². The maximum Gasteiger partial charge on any atom is 0.142 e. The molecule has 0 atom stereocenters. The zero-order valence-corrected chi connectivity index (χ0v) is 45.9. The number of ether oxygens (including phenoxy) is 4. The minimum atomic E-state index is 0.594. The number of nitrogens with two attached hydrogens (primary N) is 8. The summed E-state index contributed by atoms with van der Waals surface area (Å²) in [4.78, 5) is 2.39. The molecule has 0 aliphatic carbocycles. The van der Waals surface area contributed by atoms with Crippen molar-refractivity contribution in [1.29, 1.82) is 0 Å². The Morgan fingerprint density at radius 1 is 0.465 bits per heavy atom. The molecule has 1 aliphatic heterocycles. The molecule has 400 valence electrons. The number of hydrogen-bond acceptors (Lipinski definition) is 13. The number of piperazine rings is 1. The van der Waals surface area contributed by atoms with E-state index in [0.29, 0.717) is 77.7 Å². The molecule has 17 heteroatoms. The average molecular weight is 994 g/mol. The molecule has 0 spiro atoms. The van der Waals surface area contributed by atoms with Crippen LogP contribution in [0.5, 0.6) is 23.0 Å². The summed E-state index contributed by atoms with van der Waals surface area (Å²) < 4.78 is 26.9. The number of benzene rings is 4. The summed E-state index contributed by atoms with van der Waals surface area (Å²) in [5.74, 6) is 2.90. The predicted octanol–water partition coefficient (Wildman–Crippen LogP) is 6.16. The van der Waals surface area contributed by atoms with Crippen LogP contribution in [-0.4, -0.2) is 177 Å². The standard InChI is InChI=1S/C15H27N4O.C15H28N3O.C13H24N3O.C11H20N3O/c1-18-6-9-19(2,10-7-18)8-3-11-20-15-5-4-13(16)12-14(15)17;1-4-18(5-2,6-3)10-7-11-19-15-9-8-13(16)12-14(15)17;1-4-16(3,5-2)8-9-17-13-7-6-11(14)10-12(13)15;1-14(2,3)6-7-15-11-5-4-9(12)8-10(11)13/h4-5,12H,3,6-11,16-17H2,1-2H3;8-9,12H,4-7,10-11,16-17H2,1-3H3;6-7,10H,4-5,8-9,14-15H2,1-3H3;4-5,8H,6-7,12-13H2,1-3H3/q4*+1. The normalized spacial score (nSPS) is 13.6. The van der Waals surface area contributed by atoms with Crippen LogP contribution in [0.3, 0.4) is 0 Å². The lowest BCUT2D eigenvalue weighted by molar-refractivity contribution is -0.923. The van der Waals surface area contributed by atoms with Gasteiger partial charge in [-0.2, -0.15) is 0 Å². The van der Waals surface area contributed by atoms with Gasteiger partial charge in [-0.1, -0.05) is 0 Å². The van der Waals surface area contributed by atoms with Crippen LogP contribution < -0.4 is 64.8 Å². The highest BCUT2D eigenvalue weighted by Gasteiger charge is 2.26. The van der Waals surface area contributed by atoms with Crippen LogP contribution >= 0.6 is 0 Å². The third-order valence-corrected chi connectivity index (χ3v) is 13.8. The summed E-state index contributed by atoms with van der Waals surface area (Å²) in [6.45, 7) is 28.7. The second-order valence-electron chi connectivity index (χ2n) is 20.4. The van der Waals surface area contributed by atoms with Gasteiger partial charge in [0, 0.05) is 48.7 Å². The Balaban J connectivity index is 0.000000326. The average Bonchev–Trinajstić information content (AvgIpc) is 3.32. The van der Waals surface area contributed by atoms with E-state index in [9.17, 15) is 0 Å². The Hall–Kier alpha value is -5.72. The summed E-state index contributed by atoms with van der Waals surface area (Å²) in [6.07, 6.45) is 2.09. The van der Waals surface area contributed by atoms with Gasteiger partial charge in [0.15, 0.2) is 0 Å². The van der Waals surface area contributed by atoms with E-state index in [1.165, 1.54) is 45.8 Å². The summed E-state index contributed by atoms with van der Waals surface area (Å²) in [7, 11) is 13.1. The fourth-order valence-corrected chi connectivity index (χ4v) is 7.77. The minimum Gasteiger partial charge on any atom is -0.491 e. The van der Waals surface area contributed by atoms with E-state index in [2.05, 4.69) is 81.8 Å². The van der Waals surface area contributed by atoms with E-state index >= 15 is 0 Å². The van der Waals surface area contributed by atoms with Crippen molar-refractivity contribution in [1.82, 2.24) is 4.90 Å². The highest BCUT2D eigenvalue weighted by molar-refractivity contribution is 5.62. The molecular formula is C54H99N13O4+4. The molecule has 4 aromatic carbocycles. The first-order valence-corrected chi connectivity index (χ1v) is 25.6. The molecule has 0 unspecified atom stereocenters. The van der Waals surface area contributed by atoms with Crippen molar-refractivity contribution in [3.05, 3.63) is 72.8 Å². The van der Waals surface area contributed by atoms with Crippen molar-refractivity contribution in [2.24, 2.45) is 0 Å². The Kier molecular flexibility index (Phi) is 26.1. The molecule has 0 aromatic heterocycles. The maximum atomic E-state index is 5.87. The molecule has 71 heavy (non-hydrogen) atoms. The number of likely N-dealkylation sites (N-methyl/N-ethyl adjacent to an activating group) is 4. The highest BCUT2D eigenvalue weighted by atomic mass is 16.5. The first kappa shape index (κ1) is 61.4. The summed E-state index contributed by atoms with van der Waals surface area (Å²) in [5.41, 5.74) is 50.9. The molecule has 0 saturated carbocycles. The molecule has 1 heterocycles. The lowest BCUT2D eigenvalue weighted by Gasteiger charge is -2.41. The van der Waals surface area contributed by atoms with Crippen molar-refractivity contribution in [2.45, 2.75) is 47.5 Å². The second kappa shape index (κ2) is 30.2. The molecule has 0 amide bonds.